The Labute approximate surface area is 175 Å². The van der Waals surface area contributed by atoms with Crippen molar-refractivity contribution in [1.82, 2.24) is 4.90 Å². The molecule has 2 fully saturated rings. The predicted molar refractivity (Wildman–Crippen MR) is 109 cm³/mol. The van der Waals surface area contributed by atoms with Gasteiger partial charge < -0.3 is 4.74 Å². The Balaban J connectivity index is 1.43. The van der Waals surface area contributed by atoms with Gasteiger partial charge in [0.05, 0.1) is 23.6 Å². The molecule has 4 atom stereocenters. The van der Waals surface area contributed by atoms with Crippen molar-refractivity contribution in [3.63, 3.8) is 0 Å². The summed E-state index contributed by atoms with van der Waals surface area (Å²) in [7, 11) is 0. The second-order valence-electron chi connectivity index (χ2n) is 7.41. The van der Waals surface area contributed by atoms with Gasteiger partial charge in [0.15, 0.2) is 0 Å². The molecule has 6 nitrogen and oxygen atoms in total. The second-order valence-corrected chi connectivity index (χ2v) is 8.33. The summed E-state index contributed by atoms with van der Waals surface area (Å²) in [6.45, 7) is 0.362. The molecule has 0 radical (unpaired) electrons. The molecule has 1 aliphatic carbocycles. The number of hydrogen-bond donors (Lipinski definition) is 0. The van der Waals surface area contributed by atoms with Crippen molar-refractivity contribution in [2.75, 3.05) is 11.4 Å². The Morgan fingerprint density at radius 2 is 1.62 bits per heavy atom. The van der Waals surface area contributed by atoms with E-state index in [-0.39, 0.29) is 17.7 Å². The lowest BCUT2D eigenvalue weighted by molar-refractivity contribution is -0.125. The van der Waals surface area contributed by atoms with Gasteiger partial charge in [-0.25, -0.2) is 9.69 Å². The van der Waals surface area contributed by atoms with E-state index >= 15 is 0 Å². The van der Waals surface area contributed by atoms with Crippen molar-refractivity contribution in [3.8, 4) is 5.75 Å². The molecule has 2 aromatic carbocycles. The van der Waals surface area contributed by atoms with E-state index in [2.05, 4.69) is 15.9 Å². The molecule has 0 saturated carbocycles. The van der Waals surface area contributed by atoms with E-state index in [0.717, 1.165) is 4.47 Å². The van der Waals surface area contributed by atoms with E-state index < -0.39 is 24.0 Å². The van der Waals surface area contributed by atoms with Gasteiger partial charge in [-0.1, -0.05) is 46.3 Å². The molecule has 146 valence electrons. The van der Waals surface area contributed by atoms with Gasteiger partial charge in [0, 0.05) is 16.9 Å². The fourth-order valence-electron chi connectivity index (χ4n) is 4.53. The molecule has 3 aliphatic heterocycles. The van der Waals surface area contributed by atoms with E-state index in [0.29, 0.717) is 18.0 Å². The van der Waals surface area contributed by atoms with Crippen molar-refractivity contribution in [1.29, 1.82) is 0 Å². The lowest BCUT2D eigenvalue weighted by Gasteiger charge is -2.45. The molecule has 29 heavy (non-hydrogen) atoms. The van der Waals surface area contributed by atoms with E-state index in [9.17, 15) is 14.4 Å². The van der Waals surface area contributed by atoms with Crippen LogP contribution in [0.2, 0.25) is 0 Å². The van der Waals surface area contributed by atoms with Gasteiger partial charge in [-0.2, -0.15) is 0 Å². The Bertz CT molecular complexity index is 1020. The van der Waals surface area contributed by atoms with Crippen LogP contribution in [0.1, 0.15) is 0 Å². The average molecular weight is 453 g/mol. The second kappa shape index (κ2) is 6.84. The van der Waals surface area contributed by atoms with Crippen LogP contribution >= 0.6 is 15.9 Å². The molecule has 3 amide bonds. The molecule has 6 rings (SSSR count). The third-order valence-corrected chi connectivity index (χ3v) is 6.35. The molecule has 0 spiro atoms. The normalized spacial score (nSPS) is 27.3. The zero-order valence-electron chi connectivity index (χ0n) is 15.3. The van der Waals surface area contributed by atoms with Gasteiger partial charge in [0.1, 0.15) is 5.75 Å². The van der Waals surface area contributed by atoms with E-state index in [4.69, 9.17) is 4.74 Å². The minimum atomic E-state index is -0.585. The Hall–Kier alpha value is -2.93. The number of nitrogens with zero attached hydrogens (tertiary/aromatic N) is 2. The number of carbonyl (C=O) groups is 3. The molecular weight excluding hydrogens is 436 g/mol. The highest BCUT2D eigenvalue weighted by Gasteiger charge is 2.60. The average Bonchev–Trinajstić information content (AvgIpc) is 3.02. The fraction of sp³-hybridized carbons (Fsp3) is 0.227. The number of piperidine rings is 1. The summed E-state index contributed by atoms with van der Waals surface area (Å²) in [6, 6.07) is 15.4. The van der Waals surface area contributed by atoms with Gasteiger partial charge >= 0.3 is 6.09 Å². The lowest BCUT2D eigenvalue weighted by atomic mass is 9.70. The van der Waals surface area contributed by atoms with E-state index in [1.165, 1.54) is 4.90 Å². The minimum Gasteiger partial charge on any atom is -0.410 e. The summed E-state index contributed by atoms with van der Waals surface area (Å²) in [5, 5.41) is 0. The first-order valence-electron chi connectivity index (χ1n) is 9.40. The van der Waals surface area contributed by atoms with Gasteiger partial charge in [-0.15, -0.1) is 0 Å². The number of halogens is 1. The number of ether oxygens (including phenoxy) is 1. The van der Waals surface area contributed by atoms with Crippen molar-refractivity contribution >= 4 is 39.5 Å². The molecule has 2 saturated heterocycles. The van der Waals surface area contributed by atoms with Crippen LogP contribution < -0.4 is 9.64 Å². The topological polar surface area (TPSA) is 66.9 Å². The summed E-state index contributed by atoms with van der Waals surface area (Å²) < 4.78 is 6.35. The van der Waals surface area contributed by atoms with Crippen LogP contribution in [0.15, 0.2) is 71.2 Å². The van der Waals surface area contributed by atoms with Crippen LogP contribution in [-0.4, -0.2) is 35.4 Å². The summed E-state index contributed by atoms with van der Waals surface area (Å²) in [5.74, 6) is -1.24. The van der Waals surface area contributed by atoms with Gasteiger partial charge in [0.2, 0.25) is 11.8 Å². The number of amides is 3. The largest absolute Gasteiger partial charge is 0.415 e. The van der Waals surface area contributed by atoms with Crippen LogP contribution in [0.25, 0.3) is 0 Å². The molecule has 2 bridgehead atoms. The number of anilines is 1. The standard InChI is InChI=1S/C22H17BrN2O4/c23-14-7-9-15(10-8-14)25-20(26)18-13-6-11-17(19(18)21(25)27)24(12-13)22(28)29-16-4-2-1-3-5-16/h1-11,13,17-19H,12H2/t13-,17-,18+,19-/m0/s1. The smallest absolute Gasteiger partial charge is 0.410 e. The highest BCUT2D eigenvalue weighted by molar-refractivity contribution is 9.10. The van der Waals surface area contributed by atoms with Gasteiger partial charge in [-0.3, -0.25) is 14.5 Å². The third kappa shape index (κ3) is 2.88. The maximum atomic E-state index is 13.2. The number of carbonyl (C=O) groups excluding carboxylic acids is 3. The third-order valence-electron chi connectivity index (χ3n) is 5.82. The van der Waals surface area contributed by atoms with Crippen molar-refractivity contribution in [3.05, 3.63) is 71.2 Å². The van der Waals surface area contributed by atoms with Crippen LogP contribution in [0.3, 0.4) is 0 Å². The van der Waals surface area contributed by atoms with Gasteiger partial charge in [0.25, 0.3) is 0 Å². The zero-order valence-corrected chi connectivity index (χ0v) is 16.9. The van der Waals surface area contributed by atoms with Crippen LogP contribution in [0.4, 0.5) is 10.5 Å². The van der Waals surface area contributed by atoms with Crippen molar-refractivity contribution < 1.29 is 19.1 Å². The Kier molecular flexibility index (Phi) is 4.28. The van der Waals surface area contributed by atoms with E-state index in [1.807, 2.05) is 18.2 Å². The first kappa shape index (κ1) is 18.1. The number of hydrogen-bond acceptors (Lipinski definition) is 4. The highest BCUT2D eigenvalue weighted by Crippen LogP contribution is 2.46. The summed E-state index contributed by atoms with van der Waals surface area (Å²) in [6.07, 6.45) is 3.31. The monoisotopic (exact) mass is 452 g/mol. The summed E-state index contributed by atoms with van der Waals surface area (Å²) >= 11 is 3.37. The van der Waals surface area contributed by atoms with Crippen LogP contribution in [0, 0.1) is 17.8 Å². The maximum absolute atomic E-state index is 13.2. The van der Waals surface area contributed by atoms with Crippen LogP contribution in [0.5, 0.6) is 5.75 Å². The molecule has 3 heterocycles. The molecule has 0 N–H and O–H groups in total. The molecular formula is C22H17BrN2O4. The maximum Gasteiger partial charge on any atom is 0.415 e. The quantitative estimate of drug-likeness (QED) is 0.515. The zero-order chi connectivity index (χ0) is 20.1. The summed E-state index contributed by atoms with van der Waals surface area (Å²) in [4.78, 5) is 42.0. The number of fused-ring (bicyclic) bond motifs is 1. The molecule has 4 aliphatic rings. The molecule has 2 aromatic rings. The highest BCUT2D eigenvalue weighted by atomic mass is 79.9. The number of rotatable bonds is 2. The van der Waals surface area contributed by atoms with E-state index in [1.54, 1.807) is 53.4 Å². The number of imide groups is 1. The fourth-order valence-corrected chi connectivity index (χ4v) is 4.79. The predicted octanol–water partition coefficient (Wildman–Crippen LogP) is 3.62. The Morgan fingerprint density at radius 3 is 2.34 bits per heavy atom. The summed E-state index contributed by atoms with van der Waals surface area (Å²) in [5.41, 5.74) is 0.551. The lowest BCUT2D eigenvalue weighted by Crippen LogP contribution is -2.58. The molecule has 0 aromatic heterocycles. The Morgan fingerprint density at radius 1 is 0.931 bits per heavy atom. The van der Waals surface area contributed by atoms with Crippen molar-refractivity contribution in [2.24, 2.45) is 17.8 Å². The number of benzene rings is 2. The first-order valence-corrected chi connectivity index (χ1v) is 10.2. The van der Waals surface area contributed by atoms with Crippen LogP contribution in [-0.2, 0) is 9.59 Å². The number of para-hydroxylation sites is 1. The SMILES string of the molecule is O=C1[C@@H]2[C@H](C(=O)N1c1ccc(Br)cc1)[C@H]1C=C[C@@H]2N(C(=O)Oc2ccccc2)C1. The first-order chi connectivity index (χ1) is 14.0. The minimum absolute atomic E-state index is 0.197. The molecule has 7 heteroatoms. The molecule has 0 unspecified atom stereocenters. The van der Waals surface area contributed by atoms with Crippen molar-refractivity contribution in [2.45, 2.75) is 6.04 Å². The van der Waals surface area contributed by atoms with Gasteiger partial charge in [-0.05, 0) is 36.4 Å².